The molecule has 0 aliphatic carbocycles. The van der Waals surface area contributed by atoms with Crippen LogP contribution in [0.2, 0.25) is 0 Å². The van der Waals surface area contributed by atoms with Crippen molar-refractivity contribution < 1.29 is 9.84 Å². The third-order valence-electron chi connectivity index (χ3n) is 3.34. The Morgan fingerprint density at radius 2 is 1.82 bits per heavy atom. The summed E-state index contributed by atoms with van der Waals surface area (Å²) >= 11 is 5.64. The van der Waals surface area contributed by atoms with E-state index in [2.05, 4.69) is 4.90 Å². The fourth-order valence-corrected chi connectivity index (χ4v) is 2.49. The van der Waals surface area contributed by atoms with Crippen LogP contribution in [-0.4, -0.2) is 54.8 Å². The van der Waals surface area contributed by atoms with Gasteiger partial charge in [0.05, 0.1) is 19.3 Å². The molecule has 0 radical (unpaired) electrons. The highest BCUT2D eigenvalue weighted by Crippen LogP contribution is 2.14. The lowest BCUT2D eigenvalue weighted by atomic mass is 10.1. The smallest absolute Gasteiger partial charge is 0.0701 e. The Morgan fingerprint density at radius 1 is 1.12 bits per heavy atom. The number of halogens is 1. The minimum absolute atomic E-state index is 0.140. The first-order valence-corrected chi connectivity index (χ1v) is 7.41. The van der Waals surface area contributed by atoms with E-state index in [1.807, 2.05) is 0 Å². The molecule has 0 saturated carbocycles. The van der Waals surface area contributed by atoms with Crippen LogP contribution in [0, 0.1) is 0 Å². The van der Waals surface area contributed by atoms with Gasteiger partial charge in [-0.05, 0) is 32.2 Å². The van der Waals surface area contributed by atoms with E-state index in [1.54, 1.807) is 0 Å². The van der Waals surface area contributed by atoms with E-state index < -0.39 is 0 Å². The zero-order valence-corrected chi connectivity index (χ0v) is 11.5. The second-order valence-electron chi connectivity index (χ2n) is 4.74. The second-order valence-corrected chi connectivity index (χ2v) is 5.12. The highest BCUT2D eigenvalue weighted by atomic mass is 35.5. The summed E-state index contributed by atoms with van der Waals surface area (Å²) in [5, 5.41) is 8.69. The first kappa shape index (κ1) is 15.2. The van der Waals surface area contributed by atoms with Crippen LogP contribution in [0.25, 0.3) is 0 Å². The molecule has 1 saturated heterocycles. The van der Waals surface area contributed by atoms with Gasteiger partial charge in [-0.15, -0.1) is 11.6 Å². The maximum atomic E-state index is 8.69. The Morgan fingerprint density at radius 3 is 2.47 bits per heavy atom. The molecule has 0 amide bonds. The largest absolute Gasteiger partial charge is 0.394 e. The zero-order valence-electron chi connectivity index (χ0n) is 10.7. The summed E-state index contributed by atoms with van der Waals surface area (Å²) in [7, 11) is 0. The van der Waals surface area contributed by atoms with Crippen molar-refractivity contribution >= 4 is 11.6 Å². The second kappa shape index (κ2) is 10.1. The molecule has 1 fully saturated rings. The number of hydrogen-bond acceptors (Lipinski definition) is 3. The fraction of sp³-hybridized carbons (Fsp3) is 1.00. The van der Waals surface area contributed by atoms with Crippen LogP contribution in [0.3, 0.4) is 0 Å². The highest BCUT2D eigenvalue weighted by Gasteiger charge is 2.18. The average Bonchev–Trinajstić information content (AvgIpc) is 2.37. The Balaban J connectivity index is 1.95. The van der Waals surface area contributed by atoms with E-state index in [0.29, 0.717) is 12.7 Å². The predicted octanol–water partition coefficient (Wildman–Crippen LogP) is 2.26. The molecule has 17 heavy (non-hydrogen) atoms. The van der Waals surface area contributed by atoms with Gasteiger partial charge in [-0.3, -0.25) is 0 Å². The van der Waals surface area contributed by atoms with Crippen molar-refractivity contribution in [3.63, 3.8) is 0 Å². The van der Waals surface area contributed by atoms with E-state index in [0.717, 1.165) is 38.2 Å². The van der Waals surface area contributed by atoms with Crippen LogP contribution in [0.15, 0.2) is 0 Å². The molecule has 0 atom stereocenters. The van der Waals surface area contributed by atoms with Crippen molar-refractivity contribution in [2.24, 2.45) is 0 Å². The normalized spacial score (nSPS) is 18.7. The van der Waals surface area contributed by atoms with Gasteiger partial charge in [-0.1, -0.05) is 12.8 Å². The quantitative estimate of drug-likeness (QED) is 0.512. The highest BCUT2D eigenvalue weighted by molar-refractivity contribution is 6.17. The molecule has 1 heterocycles. The Hall–Kier alpha value is 0.170. The van der Waals surface area contributed by atoms with Gasteiger partial charge in [0.1, 0.15) is 0 Å². The standard InChI is InChI=1S/C13H26ClNO2/c14-7-3-1-2-4-8-15-9-5-13(6-10-15)17-12-11-16/h13,16H,1-12H2. The topological polar surface area (TPSA) is 32.7 Å². The van der Waals surface area contributed by atoms with Gasteiger partial charge in [0.15, 0.2) is 0 Å². The van der Waals surface area contributed by atoms with Crippen molar-refractivity contribution in [1.29, 1.82) is 0 Å². The molecular weight excluding hydrogens is 238 g/mol. The zero-order chi connectivity index (χ0) is 12.3. The molecule has 1 rings (SSSR count). The summed E-state index contributed by atoms with van der Waals surface area (Å²) < 4.78 is 5.55. The molecule has 0 aromatic heterocycles. The molecule has 3 nitrogen and oxygen atoms in total. The molecule has 0 spiro atoms. The minimum Gasteiger partial charge on any atom is -0.394 e. The van der Waals surface area contributed by atoms with Crippen LogP contribution in [-0.2, 0) is 4.74 Å². The van der Waals surface area contributed by atoms with Gasteiger partial charge in [0, 0.05) is 19.0 Å². The van der Waals surface area contributed by atoms with Gasteiger partial charge in [0.2, 0.25) is 0 Å². The number of aliphatic hydroxyl groups is 1. The maximum Gasteiger partial charge on any atom is 0.0701 e. The first-order valence-electron chi connectivity index (χ1n) is 6.87. The number of likely N-dealkylation sites (tertiary alicyclic amines) is 1. The molecule has 0 unspecified atom stereocenters. The number of rotatable bonds is 9. The molecule has 4 heteroatoms. The molecule has 102 valence electrons. The van der Waals surface area contributed by atoms with Crippen molar-refractivity contribution in [2.75, 3.05) is 38.7 Å². The Bertz CT molecular complexity index is 170. The Labute approximate surface area is 110 Å². The van der Waals surface area contributed by atoms with Gasteiger partial charge in [-0.2, -0.15) is 0 Å². The van der Waals surface area contributed by atoms with E-state index in [-0.39, 0.29) is 6.61 Å². The van der Waals surface area contributed by atoms with Gasteiger partial charge < -0.3 is 14.7 Å². The molecular formula is C13H26ClNO2. The van der Waals surface area contributed by atoms with Crippen molar-refractivity contribution in [3.05, 3.63) is 0 Å². The molecule has 0 bridgehead atoms. The third kappa shape index (κ3) is 7.24. The van der Waals surface area contributed by atoms with Gasteiger partial charge in [-0.25, -0.2) is 0 Å². The number of nitrogens with zero attached hydrogens (tertiary/aromatic N) is 1. The van der Waals surface area contributed by atoms with Crippen LogP contribution in [0.4, 0.5) is 0 Å². The number of ether oxygens (including phenoxy) is 1. The minimum atomic E-state index is 0.140. The van der Waals surface area contributed by atoms with Crippen molar-refractivity contribution in [1.82, 2.24) is 4.90 Å². The van der Waals surface area contributed by atoms with E-state index in [4.69, 9.17) is 21.4 Å². The Kier molecular flexibility index (Phi) is 9.07. The maximum absolute atomic E-state index is 8.69. The summed E-state index contributed by atoms with van der Waals surface area (Å²) in [5.41, 5.74) is 0. The number of hydrogen-bond donors (Lipinski definition) is 1. The lowest BCUT2D eigenvalue weighted by molar-refractivity contribution is -0.00787. The lowest BCUT2D eigenvalue weighted by Gasteiger charge is -2.31. The van der Waals surface area contributed by atoms with E-state index >= 15 is 0 Å². The molecule has 0 aromatic carbocycles. The van der Waals surface area contributed by atoms with Crippen LogP contribution >= 0.6 is 11.6 Å². The number of piperidine rings is 1. The monoisotopic (exact) mass is 263 g/mol. The van der Waals surface area contributed by atoms with E-state index in [9.17, 15) is 0 Å². The third-order valence-corrected chi connectivity index (χ3v) is 3.60. The van der Waals surface area contributed by atoms with Crippen molar-refractivity contribution in [2.45, 2.75) is 44.6 Å². The molecule has 1 aliphatic rings. The van der Waals surface area contributed by atoms with Crippen LogP contribution < -0.4 is 0 Å². The SMILES string of the molecule is OCCOC1CCN(CCCCCCCl)CC1. The summed E-state index contributed by atoms with van der Waals surface area (Å²) in [6.45, 7) is 4.14. The van der Waals surface area contributed by atoms with Crippen molar-refractivity contribution in [3.8, 4) is 0 Å². The summed E-state index contributed by atoms with van der Waals surface area (Å²) in [6, 6.07) is 0. The first-order chi connectivity index (χ1) is 8.36. The van der Waals surface area contributed by atoms with Crippen LogP contribution in [0.1, 0.15) is 38.5 Å². The summed E-state index contributed by atoms with van der Waals surface area (Å²) in [4.78, 5) is 2.53. The summed E-state index contributed by atoms with van der Waals surface area (Å²) in [5.74, 6) is 0.799. The predicted molar refractivity (Wildman–Crippen MR) is 71.7 cm³/mol. The van der Waals surface area contributed by atoms with Crippen LogP contribution in [0.5, 0.6) is 0 Å². The fourth-order valence-electron chi connectivity index (χ4n) is 2.30. The van der Waals surface area contributed by atoms with E-state index in [1.165, 1.54) is 25.8 Å². The molecule has 1 N–H and O–H groups in total. The summed E-state index contributed by atoms with van der Waals surface area (Å²) in [6.07, 6.45) is 7.60. The molecule has 0 aromatic rings. The number of unbranched alkanes of at least 4 members (excludes halogenated alkanes) is 3. The molecule has 1 aliphatic heterocycles. The van der Waals surface area contributed by atoms with Gasteiger partial charge in [0.25, 0.3) is 0 Å². The van der Waals surface area contributed by atoms with Gasteiger partial charge >= 0.3 is 0 Å². The lowest BCUT2D eigenvalue weighted by Crippen LogP contribution is -2.37. The number of alkyl halides is 1. The average molecular weight is 264 g/mol. The number of aliphatic hydroxyl groups excluding tert-OH is 1.